The zero-order chi connectivity index (χ0) is 7.94. The molecule has 0 aliphatic rings. The maximum absolute atomic E-state index is 4.08. The molecule has 0 fully saturated rings. The third-order valence-corrected chi connectivity index (χ3v) is 1.16. The number of hydrogen-bond donors (Lipinski definition) is 0. The van der Waals surface area contributed by atoms with Crippen molar-refractivity contribution in [3.8, 4) is 0 Å². The van der Waals surface area contributed by atoms with Crippen LogP contribution in [0.4, 0.5) is 0 Å². The van der Waals surface area contributed by atoms with E-state index < -0.39 is 0 Å². The molecule has 0 aliphatic heterocycles. The lowest BCUT2D eigenvalue weighted by atomic mass is 10.3. The molecular weight excluding hydrogens is 136 g/mol. The Morgan fingerprint density at radius 3 is 3.18 bits per heavy atom. The van der Waals surface area contributed by atoms with Gasteiger partial charge >= 0.3 is 0 Å². The Kier molecular flexibility index (Phi) is 3.06. The van der Waals surface area contributed by atoms with Gasteiger partial charge in [-0.1, -0.05) is 12.1 Å². The first kappa shape index (κ1) is 7.66. The predicted octanol–water partition coefficient (Wildman–Crippen LogP) is 1.69. The second kappa shape index (κ2) is 4.39. The summed E-state index contributed by atoms with van der Waals surface area (Å²) in [5.41, 5.74) is 1.02. The second-order valence-electron chi connectivity index (χ2n) is 2.07. The van der Waals surface area contributed by atoms with E-state index in [0.29, 0.717) is 6.54 Å². The Hall–Kier alpha value is -1.44. The van der Waals surface area contributed by atoms with Crippen molar-refractivity contribution in [2.24, 2.45) is 4.99 Å². The van der Waals surface area contributed by atoms with Crippen LogP contribution in [0.3, 0.4) is 0 Å². The van der Waals surface area contributed by atoms with Crippen molar-refractivity contribution in [1.29, 1.82) is 0 Å². The molecule has 0 aromatic carbocycles. The quantitative estimate of drug-likeness (QED) is 0.470. The average Bonchev–Trinajstić information content (AvgIpc) is 2.07. The molecule has 1 aromatic rings. The number of aliphatic imine (C=N–C) groups is 1. The first-order chi connectivity index (χ1) is 5.43. The molecule has 0 saturated heterocycles. The van der Waals surface area contributed by atoms with Crippen molar-refractivity contribution in [3.63, 3.8) is 0 Å². The van der Waals surface area contributed by atoms with Gasteiger partial charge in [-0.05, 0) is 6.07 Å². The van der Waals surface area contributed by atoms with Gasteiger partial charge in [-0.25, -0.2) is 0 Å². The van der Waals surface area contributed by atoms with E-state index in [2.05, 4.69) is 16.6 Å². The van der Waals surface area contributed by atoms with Gasteiger partial charge in [-0.15, -0.1) is 6.58 Å². The van der Waals surface area contributed by atoms with Crippen molar-refractivity contribution in [2.45, 2.75) is 0 Å². The van der Waals surface area contributed by atoms with Crippen LogP contribution in [-0.4, -0.2) is 17.7 Å². The Morgan fingerprint density at radius 1 is 1.64 bits per heavy atom. The largest absolute Gasteiger partial charge is 0.288 e. The highest BCUT2D eigenvalue weighted by atomic mass is 14.7. The van der Waals surface area contributed by atoms with E-state index in [9.17, 15) is 0 Å². The summed E-state index contributed by atoms with van der Waals surface area (Å²) in [4.78, 5) is 8.02. The molecule has 0 amide bonds. The van der Waals surface area contributed by atoms with Gasteiger partial charge in [-0.2, -0.15) is 0 Å². The van der Waals surface area contributed by atoms with Gasteiger partial charge in [0.1, 0.15) is 0 Å². The molecule has 56 valence electrons. The third-order valence-electron chi connectivity index (χ3n) is 1.16. The highest BCUT2D eigenvalue weighted by Gasteiger charge is 1.81. The molecule has 1 heterocycles. The molecule has 1 aromatic heterocycles. The van der Waals surface area contributed by atoms with Crippen LogP contribution in [0, 0.1) is 0 Å². The van der Waals surface area contributed by atoms with Gasteiger partial charge in [0, 0.05) is 24.2 Å². The highest BCUT2D eigenvalue weighted by molar-refractivity contribution is 5.78. The van der Waals surface area contributed by atoms with Crippen LogP contribution in [0.1, 0.15) is 5.56 Å². The molecule has 0 spiro atoms. The van der Waals surface area contributed by atoms with Crippen LogP contribution in [0.5, 0.6) is 0 Å². The van der Waals surface area contributed by atoms with E-state index in [1.807, 2.05) is 12.1 Å². The van der Waals surface area contributed by atoms with Crippen molar-refractivity contribution in [1.82, 2.24) is 4.98 Å². The molecule has 0 saturated carbocycles. The summed E-state index contributed by atoms with van der Waals surface area (Å²) in [5.74, 6) is 0. The Labute approximate surface area is 66.3 Å². The van der Waals surface area contributed by atoms with Crippen molar-refractivity contribution in [3.05, 3.63) is 42.7 Å². The van der Waals surface area contributed by atoms with Gasteiger partial charge in [-0.3, -0.25) is 9.98 Å². The van der Waals surface area contributed by atoms with E-state index in [0.717, 1.165) is 5.56 Å². The molecule has 0 N–H and O–H groups in total. The van der Waals surface area contributed by atoms with Gasteiger partial charge in [0.05, 0.1) is 6.54 Å². The van der Waals surface area contributed by atoms with Gasteiger partial charge in [0.25, 0.3) is 0 Å². The molecule has 0 radical (unpaired) electrons. The monoisotopic (exact) mass is 146 g/mol. The van der Waals surface area contributed by atoms with Crippen LogP contribution in [0.2, 0.25) is 0 Å². The fraction of sp³-hybridized carbons (Fsp3) is 0.111. The molecule has 1 rings (SSSR count). The van der Waals surface area contributed by atoms with Gasteiger partial charge in [0.15, 0.2) is 0 Å². The van der Waals surface area contributed by atoms with Crippen LogP contribution in [-0.2, 0) is 0 Å². The zero-order valence-corrected chi connectivity index (χ0v) is 6.27. The highest BCUT2D eigenvalue weighted by Crippen LogP contribution is 1.89. The topological polar surface area (TPSA) is 25.2 Å². The molecule has 11 heavy (non-hydrogen) atoms. The summed E-state index contributed by atoms with van der Waals surface area (Å²) in [6, 6.07) is 3.84. The summed E-state index contributed by atoms with van der Waals surface area (Å²) in [6.45, 7) is 4.22. The molecular formula is C9H10N2. The summed E-state index contributed by atoms with van der Waals surface area (Å²) < 4.78 is 0. The summed E-state index contributed by atoms with van der Waals surface area (Å²) in [7, 11) is 0. The molecule has 2 heteroatoms. The number of pyridine rings is 1. The van der Waals surface area contributed by atoms with E-state index in [-0.39, 0.29) is 0 Å². The maximum atomic E-state index is 4.08. The minimum absolute atomic E-state index is 0.662. The van der Waals surface area contributed by atoms with E-state index in [1.54, 1.807) is 24.7 Å². The fourth-order valence-electron chi connectivity index (χ4n) is 0.685. The minimum Gasteiger partial charge on any atom is -0.288 e. The minimum atomic E-state index is 0.662. The normalized spacial score (nSPS) is 10.2. The fourth-order valence-corrected chi connectivity index (χ4v) is 0.685. The average molecular weight is 146 g/mol. The Balaban J connectivity index is 2.57. The lowest BCUT2D eigenvalue weighted by Crippen LogP contribution is -1.82. The van der Waals surface area contributed by atoms with Crippen molar-refractivity contribution < 1.29 is 0 Å². The van der Waals surface area contributed by atoms with Crippen LogP contribution >= 0.6 is 0 Å². The van der Waals surface area contributed by atoms with Crippen LogP contribution in [0.15, 0.2) is 42.2 Å². The second-order valence-corrected chi connectivity index (χ2v) is 2.07. The van der Waals surface area contributed by atoms with E-state index in [4.69, 9.17) is 0 Å². The SMILES string of the molecule is C=CCN=Cc1cccnc1. The Bertz CT molecular complexity index is 239. The van der Waals surface area contributed by atoms with E-state index in [1.165, 1.54) is 0 Å². The summed E-state index contributed by atoms with van der Waals surface area (Å²) in [5, 5.41) is 0. The predicted molar refractivity (Wildman–Crippen MR) is 46.9 cm³/mol. The number of rotatable bonds is 3. The molecule has 2 nitrogen and oxygen atoms in total. The standard InChI is InChI=1S/C9H10N2/c1-2-5-10-7-9-4-3-6-11-8-9/h2-4,6-8H,1,5H2. The number of aromatic nitrogens is 1. The van der Waals surface area contributed by atoms with Crippen LogP contribution < -0.4 is 0 Å². The molecule has 0 unspecified atom stereocenters. The maximum Gasteiger partial charge on any atom is 0.0567 e. The van der Waals surface area contributed by atoms with Gasteiger partial charge in [0.2, 0.25) is 0 Å². The Morgan fingerprint density at radius 2 is 2.55 bits per heavy atom. The third kappa shape index (κ3) is 2.76. The summed E-state index contributed by atoms with van der Waals surface area (Å²) in [6.07, 6.45) is 7.05. The lowest BCUT2D eigenvalue weighted by Gasteiger charge is -1.87. The summed E-state index contributed by atoms with van der Waals surface area (Å²) >= 11 is 0. The van der Waals surface area contributed by atoms with Gasteiger partial charge < -0.3 is 0 Å². The first-order valence-corrected chi connectivity index (χ1v) is 3.44. The first-order valence-electron chi connectivity index (χ1n) is 3.44. The van der Waals surface area contributed by atoms with E-state index >= 15 is 0 Å². The lowest BCUT2D eigenvalue weighted by molar-refractivity contribution is 1.25. The van der Waals surface area contributed by atoms with Crippen LogP contribution in [0.25, 0.3) is 0 Å². The van der Waals surface area contributed by atoms with Crippen molar-refractivity contribution >= 4 is 6.21 Å². The van der Waals surface area contributed by atoms with Crippen molar-refractivity contribution in [2.75, 3.05) is 6.54 Å². The zero-order valence-electron chi connectivity index (χ0n) is 6.27. The number of hydrogen-bond acceptors (Lipinski definition) is 2. The molecule has 0 aliphatic carbocycles. The molecule has 0 atom stereocenters. The molecule has 0 bridgehead atoms. The number of nitrogens with zero attached hydrogens (tertiary/aromatic N) is 2. The smallest absolute Gasteiger partial charge is 0.0567 e.